The summed E-state index contributed by atoms with van der Waals surface area (Å²) >= 11 is 0. The first kappa shape index (κ1) is 14.6. The number of nitrogens with one attached hydrogen (secondary N) is 1. The number of amides is 1. The van der Waals surface area contributed by atoms with Gasteiger partial charge in [0, 0.05) is 6.54 Å². The number of carbonyl (C=O) groups excluding carboxylic acids is 2. The minimum Gasteiger partial charge on any atom is -0.467 e. The molecule has 1 aliphatic heterocycles. The molecule has 1 fully saturated rings. The van der Waals surface area contributed by atoms with Crippen LogP contribution in [0.4, 0.5) is 0 Å². The van der Waals surface area contributed by atoms with Crippen molar-refractivity contribution in [2.75, 3.05) is 26.7 Å². The lowest BCUT2D eigenvalue weighted by molar-refractivity contribution is -0.143. The van der Waals surface area contributed by atoms with Gasteiger partial charge < -0.3 is 19.4 Å². The number of methoxy groups -OCH3 is 1. The number of esters is 1. The normalized spacial score (nSPS) is 17.4. The summed E-state index contributed by atoms with van der Waals surface area (Å²) in [6, 6.07) is 2.52. The molecule has 0 bridgehead atoms. The maximum Gasteiger partial charge on any atom is 0.329 e. The fraction of sp³-hybridized carbons (Fsp3) is 0.571. The molecule has 0 aliphatic carbocycles. The first-order chi connectivity index (χ1) is 9.70. The molecule has 6 heteroatoms. The molecule has 0 spiro atoms. The first-order valence-corrected chi connectivity index (χ1v) is 6.85. The predicted molar refractivity (Wildman–Crippen MR) is 72.3 cm³/mol. The summed E-state index contributed by atoms with van der Waals surface area (Å²) < 4.78 is 9.78. The first-order valence-electron chi connectivity index (χ1n) is 6.85. The van der Waals surface area contributed by atoms with Crippen molar-refractivity contribution in [1.82, 2.24) is 10.2 Å². The summed E-state index contributed by atoms with van der Waals surface area (Å²) in [5.74, 6) is -0.643. The Bertz CT molecular complexity index is 438. The number of nitrogens with zero attached hydrogens (tertiary/aromatic N) is 1. The second-order valence-electron chi connectivity index (χ2n) is 4.89. The molecule has 1 unspecified atom stereocenters. The maximum atomic E-state index is 11.9. The fourth-order valence-electron chi connectivity index (χ4n) is 2.36. The Morgan fingerprint density at radius 2 is 2.15 bits per heavy atom. The number of hydrogen-bond acceptors (Lipinski definition) is 5. The minimum absolute atomic E-state index is 0.192. The highest BCUT2D eigenvalue weighted by Crippen LogP contribution is 2.10. The lowest BCUT2D eigenvalue weighted by Crippen LogP contribution is -2.50. The van der Waals surface area contributed by atoms with E-state index < -0.39 is 17.9 Å². The van der Waals surface area contributed by atoms with Gasteiger partial charge in [-0.3, -0.25) is 4.79 Å². The van der Waals surface area contributed by atoms with Gasteiger partial charge in [0.05, 0.1) is 13.4 Å². The predicted octanol–water partition coefficient (Wildman–Crippen LogP) is 1.04. The van der Waals surface area contributed by atoms with Gasteiger partial charge in [0.15, 0.2) is 5.76 Å². The number of piperidine rings is 1. The van der Waals surface area contributed by atoms with Gasteiger partial charge in [0.2, 0.25) is 0 Å². The van der Waals surface area contributed by atoms with E-state index in [4.69, 9.17) is 9.15 Å². The highest BCUT2D eigenvalue weighted by Gasteiger charge is 2.26. The summed E-state index contributed by atoms with van der Waals surface area (Å²) in [5.41, 5.74) is 0. The largest absolute Gasteiger partial charge is 0.467 e. The van der Waals surface area contributed by atoms with Crippen molar-refractivity contribution >= 4 is 11.9 Å². The molecule has 0 radical (unpaired) electrons. The third kappa shape index (κ3) is 3.84. The van der Waals surface area contributed by atoms with E-state index in [0.29, 0.717) is 6.54 Å². The van der Waals surface area contributed by atoms with E-state index in [1.807, 2.05) is 0 Å². The molecule has 1 atom stereocenters. The Morgan fingerprint density at radius 3 is 2.75 bits per heavy atom. The van der Waals surface area contributed by atoms with E-state index in [1.54, 1.807) is 12.1 Å². The van der Waals surface area contributed by atoms with Gasteiger partial charge in [-0.1, -0.05) is 6.42 Å². The molecule has 2 rings (SSSR count). The van der Waals surface area contributed by atoms with E-state index in [9.17, 15) is 9.59 Å². The molecule has 1 N–H and O–H groups in total. The zero-order chi connectivity index (χ0) is 14.4. The number of rotatable bonds is 5. The molecule has 0 aromatic carbocycles. The number of furan rings is 1. The molecule has 1 aromatic rings. The Morgan fingerprint density at radius 1 is 1.40 bits per heavy atom. The van der Waals surface area contributed by atoms with Crippen LogP contribution in [0.5, 0.6) is 0 Å². The van der Waals surface area contributed by atoms with E-state index in [-0.39, 0.29) is 5.76 Å². The van der Waals surface area contributed by atoms with Crippen molar-refractivity contribution in [2.24, 2.45) is 0 Å². The second kappa shape index (κ2) is 7.09. The van der Waals surface area contributed by atoms with Crippen LogP contribution in [0.3, 0.4) is 0 Å². The van der Waals surface area contributed by atoms with E-state index >= 15 is 0 Å². The van der Waals surface area contributed by atoms with Crippen molar-refractivity contribution < 1.29 is 18.7 Å². The molecule has 0 saturated carbocycles. The molecule has 2 heterocycles. The zero-order valence-corrected chi connectivity index (χ0v) is 11.6. The number of ether oxygens (including phenoxy) is 1. The van der Waals surface area contributed by atoms with Gasteiger partial charge >= 0.3 is 5.97 Å². The highest BCUT2D eigenvalue weighted by atomic mass is 16.5. The van der Waals surface area contributed by atoms with E-state index in [2.05, 4.69) is 10.2 Å². The molecular formula is C14H20N2O4. The molecule has 1 aliphatic rings. The van der Waals surface area contributed by atoms with Crippen LogP contribution in [0.15, 0.2) is 22.8 Å². The molecular weight excluding hydrogens is 260 g/mol. The molecule has 6 nitrogen and oxygen atoms in total. The molecule has 1 aromatic heterocycles. The summed E-state index contributed by atoms with van der Waals surface area (Å²) in [5, 5.41) is 2.67. The molecule has 110 valence electrons. The molecule has 20 heavy (non-hydrogen) atoms. The van der Waals surface area contributed by atoms with Crippen LogP contribution in [0.25, 0.3) is 0 Å². The number of hydrogen-bond donors (Lipinski definition) is 1. The van der Waals surface area contributed by atoms with Crippen molar-refractivity contribution in [3.8, 4) is 0 Å². The topological polar surface area (TPSA) is 71.8 Å². The second-order valence-corrected chi connectivity index (χ2v) is 4.89. The Kier molecular flexibility index (Phi) is 5.17. The summed E-state index contributed by atoms with van der Waals surface area (Å²) in [4.78, 5) is 25.9. The third-order valence-electron chi connectivity index (χ3n) is 3.43. The molecule has 1 amide bonds. The van der Waals surface area contributed by atoms with Crippen molar-refractivity contribution in [3.63, 3.8) is 0 Å². The van der Waals surface area contributed by atoms with Gasteiger partial charge in [0.25, 0.3) is 5.91 Å². The Hall–Kier alpha value is -1.82. The zero-order valence-electron chi connectivity index (χ0n) is 11.6. The van der Waals surface area contributed by atoms with Crippen LogP contribution >= 0.6 is 0 Å². The van der Waals surface area contributed by atoms with Crippen LogP contribution in [-0.4, -0.2) is 49.6 Å². The minimum atomic E-state index is -0.671. The van der Waals surface area contributed by atoms with Gasteiger partial charge in [-0.25, -0.2) is 4.79 Å². The monoisotopic (exact) mass is 280 g/mol. The third-order valence-corrected chi connectivity index (χ3v) is 3.43. The van der Waals surface area contributed by atoms with E-state index in [0.717, 1.165) is 25.9 Å². The van der Waals surface area contributed by atoms with Crippen LogP contribution < -0.4 is 5.32 Å². The van der Waals surface area contributed by atoms with Crippen molar-refractivity contribution in [3.05, 3.63) is 24.2 Å². The Labute approximate surface area is 118 Å². The average molecular weight is 280 g/mol. The smallest absolute Gasteiger partial charge is 0.329 e. The van der Waals surface area contributed by atoms with Gasteiger partial charge in [-0.15, -0.1) is 0 Å². The lowest BCUT2D eigenvalue weighted by atomic mass is 10.1. The van der Waals surface area contributed by atoms with Crippen LogP contribution in [-0.2, 0) is 9.53 Å². The van der Waals surface area contributed by atoms with Crippen molar-refractivity contribution in [1.29, 1.82) is 0 Å². The fourth-order valence-corrected chi connectivity index (χ4v) is 2.36. The SMILES string of the molecule is COC(=O)C(CN1CCCCC1)NC(=O)c1ccco1. The van der Waals surface area contributed by atoms with Crippen LogP contribution in [0, 0.1) is 0 Å². The Balaban J connectivity index is 1.96. The molecule has 1 saturated heterocycles. The number of likely N-dealkylation sites (tertiary alicyclic amines) is 1. The van der Waals surface area contributed by atoms with Crippen molar-refractivity contribution in [2.45, 2.75) is 25.3 Å². The maximum absolute atomic E-state index is 11.9. The van der Waals surface area contributed by atoms with Gasteiger partial charge in [-0.05, 0) is 38.1 Å². The summed E-state index contributed by atoms with van der Waals surface area (Å²) in [6.07, 6.45) is 4.89. The summed E-state index contributed by atoms with van der Waals surface area (Å²) in [6.45, 7) is 2.37. The van der Waals surface area contributed by atoms with E-state index in [1.165, 1.54) is 19.8 Å². The van der Waals surface area contributed by atoms with Gasteiger partial charge in [-0.2, -0.15) is 0 Å². The highest BCUT2D eigenvalue weighted by molar-refractivity contribution is 5.94. The summed E-state index contributed by atoms with van der Waals surface area (Å²) in [7, 11) is 1.32. The lowest BCUT2D eigenvalue weighted by Gasteiger charge is -2.29. The average Bonchev–Trinajstić information content (AvgIpc) is 3.01. The number of carbonyl (C=O) groups is 2. The van der Waals surface area contributed by atoms with Crippen LogP contribution in [0.2, 0.25) is 0 Å². The quantitative estimate of drug-likeness (QED) is 0.816. The van der Waals surface area contributed by atoms with Crippen LogP contribution in [0.1, 0.15) is 29.8 Å². The standard InChI is InChI=1S/C14H20N2O4/c1-19-14(18)11(10-16-7-3-2-4-8-16)15-13(17)12-6-5-9-20-12/h5-6,9,11H,2-4,7-8,10H2,1H3,(H,15,17). The van der Waals surface area contributed by atoms with Gasteiger partial charge in [0.1, 0.15) is 6.04 Å².